The summed E-state index contributed by atoms with van der Waals surface area (Å²) in [4.78, 5) is 65.2. The van der Waals surface area contributed by atoms with Crippen LogP contribution in [-0.4, -0.2) is 59.4 Å². The van der Waals surface area contributed by atoms with Crippen molar-refractivity contribution in [3.8, 4) is 0 Å². The Kier molecular flexibility index (Phi) is 8.07. The number of likely N-dealkylation sites (tertiary alicyclic amines) is 1. The first kappa shape index (κ1) is 28.1. The van der Waals surface area contributed by atoms with E-state index in [1.807, 2.05) is 6.92 Å². The summed E-state index contributed by atoms with van der Waals surface area (Å²) in [6.45, 7) is 5.50. The van der Waals surface area contributed by atoms with Gasteiger partial charge in [-0.3, -0.25) is 24.1 Å². The molecule has 1 aliphatic heterocycles. The van der Waals surface area contributed by atoms with E-state index in [4.69, 9.17) is 9.47 Å². The van der Waals surface area contributed by atoms with E-state index in [0.29, 0.717) is 30.1 Å². The van der Waals surface area contributed by atoms with Gasteiger partial charge in [0.05, 0.1) is 12.5 Å². The van der Waals surface area contributed by atoms with Gasteiger partial charge in [-0.05, 0) is 94.3 Å². The van der Waals surface area contributed by atoms with Crippen LogP contribution in [0.15, 0.2) is 0 Å². The first-order valence-electron chi connectivity index (χ1n) is 15.1. The second kappa shape index (κ2) is 11.2. The number of nitrogens with one attached hydrogen (secondary N) is 1. The maximum absolute atomic E-state index is 13.4. The number of carbonyl (C=O) groups excluding carboxylic acids is 5. The minimum absolute atomic E-state index is 0.0631. The van der Waals surface area contributed by atoms with E-state index in [0.717, 1.165) is 30.6 Å². The molecule has 6 rings (SSSR count). The molecule has 0 aromatic heterocycles. The molecule has 5 aliphatic carbocycles. The Morgan fingerprint density at radius 1 is 0.949 bits per heavy atom. The Balaban J connectivity index is 1.27. The van der Waals surface area contributed by atoms with Gasteiger partial charge in [0.25, 0.3) is 0 Å². The molecule has 6 aliphatic rings. The molecule has 0 aromatic carbocycles. The van der Waals surface area contributed by atoms with E-state index in [1.54, 1.807) is 6.92 Å². The van der Waals surface area contributed by atoms with Gasteiger partial charge >= 0.3 is 12.1 Å². The quantitative estimate of drug-likeness (QED) is 0.362. The summed E-state index contributed by atoms with van der Waals surface area (Å²) in [5.74, 6) is 0.0159. The van der Waals surface area contributed by atoms with Gasteiger partial charge in [0.1, 0.15) is 18.4 Å². The summed E-state index contributed by atoms with van der Waals surface area (Å²) in [6, 6.07) is 0. The van der Waals surface area contributed by atoms with E-state index in [1.165, 1.54) is 19.3 Å². The molecular weight excluding hydrogens is 500 g/mol. The lowest BCUT2D eigenvalue weighted by Gasteiger charge is -2.56. The first-order valence-corrected chi connectivity index (χ1v) is 15.1. The van der Waals surface area contributed by atoms with E-state index in [2.05, 4.69) is 12.2 Å². The van der Waals surface area contributed by atoms with E-state index in [9.17, 15) is 24.0 Å². The van der Waals surface area contributed by atoms with Crippen LogP contribution >= 0.6 is 0 Å². The molecule has 0 spiro atoms. The number of ketones is 1. The molecule has 6 fully saturated rings. The van der Waals surface area contributed by atoms with Crippen LogP contribution < -0.4 is 5.32 Å². The Morgan fingerprint density at radius 2 is 1.54 bits per heavy atom. The Labute approximate surface area is 231 Å². The Hall–Kier alpha value is -2.45. The molecule has 4 atom stereocenters. The van der Waals surface area contributed by atoms with Gasteiger partial charge in [-0.2, -0.15) is 0 Å². The highest BCUT2D eigenvalue weighted by Gasteiger charge is 2.52. The summed E-state index contributed by atoms with van der Waals surface area (Å²) in [6.07, 6.45) is 7.46. The van der Waals surface area contributed by atoms with Crippen LogP contribution in [0.5, 0.6) is 0 Å². The topological polar surface area (TPSA) is 119 Å². The number of ether oxygens (including phenoxy) is 2. The summed E-state index contributed by atoms with van der Waals surface area (Å²) in [7, 11) is 0. The fraction of sp³-hybridized carbons (Fsp3) is 0.833. The van der Waals surface area contributed by atoms with Crippen LogP contribution in [0.25, 0.3) is 0 Å². The van der Waals surface area contributed by atoms with Crippen LogP contribution in [0.4, 0.5) is 4.79 Å². The van der Waals surface area contributed by atoms with E-state index >= 15 is 0 Å². The highest BCUT2D eigenvalue weighted by molar-refractivity contribution is 6.00. The largest absolute Gasteiger partial charge is 0.465 e. The second-order valence-corrected chi connectivity index (χ2v) is 13.4. The number of alkyl carbamates (subject to hydrolysis) is 1. The average Bonchev–Trinajstić information content (AvgIpc) is 2.82. The fourth-order valence-corrected chi connectivity index (χ4v) is 8.94. The van der Waals surface area contributed by atoms with Crippen LogP contribution in [0.2, 0.25) is 0 Å². The van der Waals surface area contributed by atoms with Crippen molar-refractivity contribution in [1.29, 1.82) is 0 Å². The number of hydrogen-bond donors (Lipinski definition) is 1. The van der Waals surface area contributed by atoms with Crippen molar-refractivity contribution in [2.24, 2.45) is 41.4 Å². The molecule has 3 amide bonds. The highest BCUT2D eigenvalue weighted by atomic mass is 16.6. The molecule has 39 heavy (non-hydrogen) atoms. The van der Waals surface area contributed by atoms with Gasteiger partial charge in [0.2, 0.25) is 11.8 Å². The number of piperidine rings is 1. The SMILES string of the molecule is CCOC(=O)CN1C(=O)CC(CC(OC(=O)NC23CC4CC(CC(C4)C2)C3)C2C[C@@H](C)C[C@H](C)C2=O)CC1=O. The van der Waals surface area contributed by atoms with Crippen molar-refractivity contribution in [1.82, 2.24) is 10.2 Å². The van der Waals surface area contributed by atoms with Crippen LogP contribution in [0.3, 0.4) is 0 Å². The van der Waals surface area contributed by atoms with Crippen molar-refractivity contribution < 1.29 is 33.4 Å². The van der Waals surface area contributed by atoms with Crippen molar-refractivity contribution in [2.75, 3.05) is 13.2 Å². The van der Waals surface area contributed by atoms with Crippen LogP contribution in [0.1, 0.15) is 91.4 Å². The molecule has 9 nitrogen and oxygen atoms in total. The molecule has 2 unspecified atom stereocenters. The second-order valence-electron chi connectivity index (χ2n) is 13.4. The van der Waals surface area contributed by atoms with Crippen molar-refractivity contribution in [3.05, 3.63) is 0 Å². The summed E-state index contributed by atoms with van der Waals surface area (Å²) in [5.41, 5.74) is -0.210. The van der Waals surface area contributed by atoms with E-state index in [-0.39, 0.29) is 55.6 Å². The number of rotatable bonds is 8. The van der Waals surface area contributed by atoms with Crippen molar-refractivity contribution >= 4 is 29.7 Å². The molecule has 1 saturated heterocycles. The standard InChI is InChI=1S/C30H44N2O7/c1-4-38-27(35)16-32-25(33)11-19(12-26(32)34)10-24(23-6-17(2)5-18(3)28(23)36)39-29(37)31-30-13-20-7-21(14-30)9-22(8-20)15-30/h17-24H,4-16H2,1-3H3,(H,31,37)/t17-,18-,20?,21?,22?,23?,24?,30?/m0/s1. The summed E-state index contributed by atoms with van der Waals surface area (Å²) < 4.78 is 11.0. The van der Waals surface area contributed by atoms with Gasteiger partial charge < -0.3 is 14.8 Å². The summed E-state index contributed by atoms with van der Waals surface area (Å²) >= 11 is 0. The molecule has 0 radical (unpaired) electrons. The first-order chi connectivity index (χ1) is 18.5. The third-order valence-corrected chi connectivity index (χ3v) is 10.1. The molecule has 1 heterocycles. The predicted octanol–water partition coefficient (Wildman–Crippen LogP) is 4.02. The lowest BCUT2D eigenvalue weighted by atomic mass is 9.53. The minimum Gasteiger partial charge on any atom is -0.465 e. The number of Topliss-reactive ketones (excluding diaryl/α,β-unsaturated/α-hetero) is 1. The fourth-order valence-electron chi connectivity index (χ4n) is 8.94. The van der Waals surface area contributed by atoms with Crippen molar-refractivity contribution in [3.63, 3.8) is 0 Å². The Morgan fingerprint density at radius 3 is 2.10 bits per heavy atom. The number of esters is 1. The monoisotopic (exact) mass is 544 g/mol. The molecule has 0 aromatic rings. The zero-order valence-electron chi connectivity index (χ0n) is 23.6. The van der Waals surface area contributed by atoms with Gasteiger partial charge in [-0.1, -0.05) is 13.8 Å². The molecule has 4 bridgehead atoms. The van der Waals surface area contributed by atoms with Gasteiger partial charge in [-0.25, -0.2) is 4.79 Å². The minimum atomic E-state index is -0.696. The lowest BCUT2D eigenvalue weighted by Crippen LogP contribution is -2.60. The maximum Gasteiger partial charge on any atom is 0.407 e. The maximum atomic E-state index is 13.4. The smallest absolute Gasteiger partial charge is 0.407 e. The van der Waals surface area contributed by atoms with Crippen molar-refractivity contribution in [2.45, 2.75) is 103 Å². The molecular formula is C30H44N2O7. The Bertz CT molecular complexity index is 956. The average molecular weight is 545 g/mol. The zero-order valence-corrected chi connectivity index (χ0v) is 23.6. The number of nitrogens with zero attached hydrogens (tertiary/aromatic N) is 1. The lowest BCUT2D eigenvalue weighted by molar-refractivity contribution is -0.159. The van der Waals surface area contributed by atoms with Gasteiger partial charge in [0.15, 0.2) is 0 Å². The molecule has 9 heteroatoms. The van der Waals surface area contributed by atoms with E-state index < -0.39 is 35.9 Å². The normalized spacial score (nSPS) is 37.1. The van der Waals surface area contributed by atoms with Crippen LogP contribution in [0, 0.1) is 41.4 Å². The molecule has 5 saturated carbocycles. The third kappa shape index (κ3) is 6.17. The predicted molar refractivity (Wildman–Crippen MR) is 141 cm³/mol. The number of amides is 3. The molecule has 216 valence electrons. The third-order valence-electron chi connectivity index (χ3n) is 10.1. The highest BCUT2D eigenvalue weighted by Crippen LogP contribution is 2.55. The number of imide groups is 1. The molecule has 1 N–H and O–H groups in total. The number of carbonyl (C=O) groups is 5. The summed E-state index contributed by atoms with van der Waals surface area (Å²) in [5, 5.41) is 3.26. The van der Waals surface area contributed by atoms with Gasteiger partial charge in [0, 0.05) is 24.3 Å². The number of hydrogen-bond acceptors (Lipinski definition) is 7. The van der Waals surface area contributed by atoms with Gasteiger partial charge in [-0.15, -0.1) is 0 Å². The van der Waals surface area contributed by atoms with Crippen LogP contribution in [-0.2, 0) is 28.7 Å². The zero-order chi connectivity index (χ0) is 27.9.